The van der Waals surface area contributed by atoms with Gasteiger partial charge in [0.1, 0.15) is 0 Å². The van der Waals surface area contributed by atoms with E-state index in [0.29, 0.717) is 37.5 Å². The van der Waals surface area contributed by atoms with E-state index in [9.17, 15) is 13.6 Å². The molecule has 1 N–H and O–H groups in total. The van der Waals surface area contributed by atoms with Crippen LogP contribution in [0, 0.1) is 0 Å². The molecule has 1 aromatic rings. The largest absolute Gasteiger partial charge is 0.345 e. The highest BCUT2D eigenvalue weighted by atomic mass is 19.3. The molecule has 3 rings (SSSR count). The smallest absolute Gasteiger partial charge is 0.334 e. The summed E-state index contributed by atoms with van der Waals surface area (Å²) in [5, 5.41) is 7.56. The number of carbonyl (C=O) groups excluding carboxylic acids is 1. The molecule has 0 aromatic carbocycles. The molecule has 22 heavy (non-hydrogen) atoms. The van der Waals surface area contributed by atoms with Gasteiger partial charge >= 0.3 is 6.61 Å². The van der Waals surface area contributed by atoms with Crippen LogP contribution in [0.2, 0.25) is 0 Å². The molecular formula is C14H20F2N4O2. The Hall–Kier alpha value is -1.54. The molecule has 1 fully saturated rings. The molecule has 1 amide bonds. The normalized spacial score (nSPS) is 22.5. The minimum atomic E-state index is -2.81. The topological polar surface area (TPSA) is 59.4 Å². The number of alkyl halides is 2. The Morgan fingerprint density at radius 3 is 3.00 bits per heavy atom. The van der Waals surface area contributed by atoms with Crippen molar-refractivity contribution < 1.29 is 18.3 Å². The summed E-state index contributed by atoms with van der Waals surface area (Å²) in [6.45, 7) is 0.406. The lowest BCUT2D eigenvalue weighted by atomic mass is 10.1. The number of nitrogens with one attached hydrogen (secondary N) is 1. The van der Waals surface area contributed by atoms with Crippen molar-refractivity contribution in [1.29, 1.82) is 0 Å². The minimum Gasteiger partial charge on any atom is -0.334 e. The quantitative estimate of drug-likeness (QED) is 0.888. The summed E-state index contributed by atoms with van der Waals surface area (Å²) in [5.74, 6) is -0.187. The Morgan fingerprint density at radius 2 is 2.36 bits per heavy atom. The number of fused-ring (bicyclic) bond motifs is 1. The standard InChI is InChI=1S/C14H20F2N4O2/c1-9-7-20-11(6-17-9)10(5-18-20)12(21)19(2)14(3-4-14)8-22-13(15)16/h5,9,13,17H,3-4,6-8H2,1-2H3. The lowest BCUT2D eigenvalue weighted by Gasteiger charge is -2.29. The maximum absolute atomic E-state index is 12.7. The predicted octanol–water partition coefficient (Wildman–Crippen LogP) is 1.22. The highest BCUT2D eigenvalue weighted by Crippen LogP contribution is 2.42. The Balaban J connectivity index is 1.74. The Bertz CT molecular complexity index is 571. The zero-order chi connectivity index (χ0) is 15.9. The fourth-order valence-electron chi connectivity index (χ4n) is 2.86. The summed E-state index contributed by atoms with van der Waals surface area (Å²) in [6, 6.07) is 0.308. The van der Waals surface area contributed by atoms with Gasteiger partial charge in [0.05, 0.1) is 36.1 Å². The highest BCUT2D eigenvalue weighted by Gasteiger charge is 2.50. The fourth-order valence-corrected chi connectivity index (χ4v) is 2.86. The molecule has 0 radical (unpaired) electrons. The molecule has 1 atom stereocenters. The Kier molecular flexibility index (Phi) is 3.90. The van der Waals surface area contributed by atoms with Gasteiger partial charge in [-0.05, 0) is 19.8 Å². The van der Waals surface area contributed by atoms with E-state index in [1.807, 2.05) is 4.68 Å². The number of aromatic nitrogens is 2. The van der Waals surface area contributed by atoms with Crippen LogP contribution in [0.5, 0.6) is 0 Å². The van der Waals surface area contributed by atoms with E-state index in [1.165, 1.54) is 4.90 Å². The lowest BCUT2D eigenvalue weighted by molar-refractivity contribution is -0.141. The molecule has 1 aliphatic carbocycles. The molecule has 1 aromatic heterocycles. The van der Waals surface area contributed by atoms with Gasteiger partial charge in [-0.3, -0.25) is 9.48 Å². The van der Waals surface area contributed by atoms with Gasteiger partial charge in [0.25, 0.3) is 5.91 Å². The molecule has 122 valence electrons. The Morgan fingerprint density at radius 1 is 1.64 bits per heavy atom. The number of halogens is 2. The van der Waals surface area contributed by atoms with Crippen molar-refractivity contribution in [3.05, 3.63) is 17.5 Å². The third-order valence-corrected chi connectivity index (χ3v) is 4.57. The van der Waals surface area contributed by atoms with Crippen molar-refractivity contribution >= 4 is 5.91 Å². The second-order valence-electron chi connectivity index (χ2n) is 6.13. The molecule has 6 nitrogen and oxygen atoms in total. The molecule has 0 saturated heterocycles. The van der Waals surface area contributed by atoms with Crippen LogP contribution in [0.1, 0.15) is 35.8 Å². The van der Waals surface area contributed by atoms with Gasteiger partial charge in [-0.1, -0.05) is 0 Å². The summed E-state index contributed by atoms with van der Waals surface area (Å²) in [7, 11) is 1.65. The molecule has 0 bridgehead atoms. The number of amides is 1. The van der Waals surface area contributed by atoms with E-state index in [1.54, 1.807) is 13.2 Å². The lowest BCUT2D eigenvalue weighted by Crippen LogP contribution is -2.43. The van der Waals surface area contributed by atoms with Crippen molar-refractivity contribution in [2.24, 2.45) is 0 Å². The summed E-state index contributed by atoms with van der Waals surface area (Å²) < 4.78 is 30.7. The van der Waals surface area contributed by atoms with Gasteiger partial charge < -0.3 is 15.0 Å². The first-order chi connectivity index (χ1) is 10.4. The van der Waals surface area contributed by atoms with Crippen LogP contribution in [-0.4, -0.2) is 52.4 Å². The molecule has 0 spiro atoms. The molecule has 1 unspecified atom stereocenters. The van der Waals surface area contributed by atoms with Crippen molar-refractivity contribution in [1.82, 2.24) is 20.0 Å². The number of nitrogens with zero attached hydrogens (tertiary/aromatic N) is 3. The molecule has 1 saturated carbocycles. The summed E-state index contributed by atoms with van der Waals surface area (Å²) in [4.78, 5) is 14.2. The van der Waals surface area contributed by atoms with Gasteiger partial charge in [0.15, 0.2) is 0 Å². The van der Waals surface area contributed by atoms with Crippen LogP contribution in [0.3, 0.4) is 0 Å². The van der Waals surface area contributed by atoms with Gasteiger partial charge in [-0.15, -0.1) is 0 Å². The van der Waals surface area contributed by atoms with Crippen molar-refractivity contribution in [3.63, 3.8) is 0 Å². The zero-order valence-corrected chi connectivity index (χ0v) is 12.7. The third kappa shape index (κ3) is 2.72. The average molecular weight is 314 g/mol. The monoisotopic (exact) mass is 314 g/mol. The first kappa shape index (κ1) is 15.4. The molecular weight excluding hydrogens is 294 g/mol. The van der Waals surface area contributed by atoms with Gasteiger partial charge in [-0.25, -0.2) is 0 Å². The van der Waals surface area contributed by atoms with Crippen molar-refractivity contribution in [3.8, 4) is 0 Å². The second-order valence-corrected chi connectivity index (χ2v) is 6.13. The molecule has 8 heteroatoms. The van der Waals surface area contributed by atoms with Crippen molar-refractivity contribution in [2.75, 3.05) is 13.7 Å². The van der Waals surface area contributed by atoms with Crippen LogP contribution >= 0.6 is 0 Å². The van der Waals surface area contributed by atoms with Crippen molar-refractivity contribution in [2.45, 2.75) is 51.0 Å². The van der Waals surface area contributed by atoms with Crippen LogP contribution in [0.25, 0.3) is 0 Å². The number of hydrogen-bond donors (Lipinski definition) is 1. The van der Waals surface area contributed by atoms with E-state index >= 15 is 0 Å². The molecule has 2 aliphatic rings. The zero-order valence-electron chi connectivity index (χ0n) is 12.7. The number of carbonyl (C=O) groups is 1. The fraction of sp³-hybridized carbons (Fsp3) is 0.714. The molecule has 1 aliphatic heterocycles. The number of ether oxygens (including phenoxy) is 1. The van der Waals surface area contributed by atoms with Gasteiger partial charge in [0, 0.05) is 19.6 Å². The third-order valence-electron chi connectivity index (χ3n) is 4.57. The van der Waals surface area contributed by atoms with E-state index < -0.39 is 12.2 Å². The Labute approximate surface area is 127 Å². The number of rotatable bonds is 5. The van der Waals surface area contributed by atoms with Crippen LogP contribution in [0.15, 0.2) is 6.20 Å². The highest BCUT2D eigenvalue weighted by molar-refractivity contribution is 5.95. The first-order valence-electron chi connectivity index (χ1n) is 7.39. The van der Waals surface area contributed by atoms with Gasteiger partial charge in [0.2, 0.25) is 0 Å². The predicted molar refractivity (Wildman–Crippen MR) is 74.5 cm³/mol. The van der Waals surface area contributed by atoms with Gasteiger partial charge in [-0.2, -0.15) is 13.9 Å². The average Bonchev–Trinajstić information content (AvgIpc) is 3.17. The molecule has 2 heterocycles. The van der Waals surface area contributed by atoms with E-state index in [4.69, 9.17) is 0 Å². The van der Waals surface area contributed by atoms with Crippen LogP contribution < -0.4 is 5.32 Å². The van der Waals surface area contributed by atoms with E-state index in [-0.39, 0.29) is 12.5 Å². The number of hydrogen-bond acceptors (Lipinski definition) is 4. The maximum Gasteiger partial charge on any atom is 0.345 e. The summed E-state index contributed by atoms with van der Waals surface area (Å²) in [5.41, 5.74) is 0.781. The van der Waals surface area contributed by atoms with E-state index in [2.05, 4.69) is 22.1 Å². The second kappa shape index (κ2) is 5.58. The van der Waals surface area contributed by atoms with Crippen LogP contribution in [-0.2, 0) is 17.8 Å². The SMILES string of the molecule is CC1Cn2ncc(C(=O)N(C)C3(COC(F)F)CC3)c2CN1. The summed E-state index contributed by atoms with van der Waals surface area (Å²) in [6.07, 6.45) is 2.93. The van der Waals surface area contributed by atoms with Crippen LogP contribution in [0.4, 0.5) is 8.78 Å². The van der Waals surface area contributed by atoms with E-state index in [0.717, 1.165) is 5.69 Å². The maximum atomic E-state index is 12.7. The first-order valence-corrected chi connectivity index (χ1v) is 7.39. The minimum absolute atomic E-state index is 0.133. The summed E-state index contributed by atoms with van der Waals surface area (Å²) >= 11 is 0. The number of likely N-dealkylation sites (N-methyl/N-ethyl adjacent to an activating group) is 1.